The van der Waals surface area contributed by atoms with E-state index in [1.165, 1.54) is 7.11 Å². The lowest BCUT2D eigenvalue weighted by Crippen LogP contribution is -2.02. The Morgan fingerprint density at radius 3 is 2.72 bits per heavy atom. The van der Waals surface area contributed by atoms with E-state index in [0.717, 1.165) is 27.7 Å². The summed E-state index contributed by atoms with van der Waals surface area (Å²) in [6.45, 7) is 0.357. The first kappa shape index (κ1) is 21.3. The zero-order valence-corrected chi connectivity index (χ0v) is 18.0. The van der Waals surface area contributed by atoms with Gasteiger partial charge in [-0.2, -0.15) is 5.10 Å². The van der Waals surface area contributed by atoms with Gasteiger partial charge in [0, 0.05) is 22.2 Å². The molecule has 0 radical (unpaired) electrons. The van der Waals surface area contributed by atoms with Crippen LogP contribution in [0.2, 0.25) is 5.02 Å². The summed E-state index contributed by atoms with van der Waals surface area (Å²) in [6, 6.07) is 22.1. The molecule has 7 heteroatoms. The van der Waals surface area contributed by atoms with E-state index in [2.05, 4.69) is 15.5 Å². The van der Waals surface area contributed by atoms with E-state index in [0.29, 0.717) is 22.9 Å². The number of hydrazone groups is 1. The van der Waals surface area contributed by atoms with Gasteiger partial charge in [0.1, 0.15) is 12.4 Å². The molecule has 0 saturated heterocycles. The first-order valence-electron chi connectivity index (χ1n) is 9.86. The number of methoxy groups -OCH3 is 1. The highest BCUT2D eigenvalue weighted by molar-refractivity contribution is 6.31. The van der Waals surface area contributed by atoms with E-state index in [4.69, 9.17) is 21.1 Å². The van der Waals surface area contributed by atoms with Crippen LogP contribution in [0.3, 0.4) is 0 Å². The fourth-order valence-electron chi connectivity index (χ4n) is 3.12. The van der Waals surface area contributed by atoms with Gasteiger partial charge in [-0.1, -0.05) is 35.9 Å². The molecule has 0 spiro atoms. The van der Waals surface area contributed by atoms with Crippen LogP contribution in [-0.4, -0.2) is 24.3 Å². The average molecular weight is 446 g/mol. The third-order valence-electron chi connectivity index (χ3n) is 4.78. The fraction of sp³-hybridized carbons (Fsp3) is 0.0800. The number of para-hydroxylation sites is 1. The van der Waals surface area contributed by atoms with Crippen LogP contribution < -0.4 is 10.2 Å². The van der Waals surface area contributed by atoms with Gasteiger partial charge in [0.15, 0.2) is 0 Å². The minimum Gasteiger partial charge on any atom is -0.488 e. The molecule has 0 fully saturated rings. The van der Waals surface area contributed by atoms with Crippen LogP contribution in [0.15, 0.2) is 84.1 Å². The summed E-state index contributed by atoms with van der Waals surface area (Å²) in [5.74, 6) is 0.332. The van der Waals surface area contributed by atoms with Crippen molar-refractivity contribution in [2.75, 3.05) is 12.5 Å². The van der Waals surface area contributed by atoms with Crippen molar-refractivity contribution in [3.63, 3.8) is 0 Å². The number of benzene rings is 3. The number of carbonyl (C=O) groups excluding carboxylic acids is 1. The van der Waals surface area contributed by atoms with Crippen LogP contribution in [0, 0.1) is 0 Å². The minimum atomic E-state index is -0.364. The molecule has 160 valence electrons. The molecular weight excluding hydrogens is 426 g/mol. The Balaban J connectivity index is 1.45. The van der Waals surface area contributed by atoms with Crippen LogP contribution in [0.25, 0.3) is 10.9 Å². The maximum Gasteiger partial charge on any atom is 0.337 e. The maximum absolute atomic E-state index is 11.6. The second-order valence-corrected chi connectivity index (χ2v) is 7.34. The monoisotopic (exact) mass is 445 g/mol. The molecule has 0 saturated carbocycles. The SMILES string of the molecule is COC(=O)c1ccc(COc2ccccc2C=NNc2ccnc3cc(Cl)ccc23)cc1. The highest BCUT2D eigenvalue weighted by atomic mass is 35.5. The Morgan fingerprint density at radius 2 is 1.91 bits per heavy atom. The molecule has 32 heavy (non-hydrogen) atoms. The van der Waals surface area contributed by atoms with Gasteiger partial charge in [-0.25, -0.2) is 4.79 Å². The molecule has 0 atom stereocenters. The zero-order chi connectivity index (χ0) is 22.3. The second-order valence-electron chi connectivity index (χ2n) is 6.90. The van der Waals surface area contributed by atoms with Crippen molar-refractivity contribution in [1.82, 2.24) is 4.98 Å². The van der Waals surface area contributed by atoms with Crippen molar-refractivity contribution in [2.45, 2.75) is 6.61 Å². The number of nitrogens with one attached hydrogen (secondary N) is 1. The van der Waals surface area contributed by atoms with E-state index >= 15 is 0 Å². The van der Waals surface area contributed by atoms with E-state index in [-0.39, 0.29) is 5.97 Å². The number of ether oxygens (including phenoxy) is 2. The smallest absolute Gasteiger partial charge is 0.337 e. The van der Waals surface area contributed by atoms with Gasteiger partial charge in [0.25, 0.3) is 0 Å². The molecule has 3 aromatic carbocycles. The molecule has 4 rings (SSSR count). The molecule has 0 aliphatic rings. The lowest BCUT2D eigenvalue weighted by Gasteiger charge is -2.10. The number of hydrogen-bond donors (Lipinski definition) is 1. The summed E-state index contributed by atoms with van der Waals surface area (Å²) < 4.78 is 10.7. The third-order valence-corrected chi connectivity index (χ3v) is 5.02. The molecular formula is C25H20ClN3O3. The van der Waals surface area contributed by atoms with Gasteiger partial charge in [-0.3, -0.25) is 10.4 Å². The van der Waals surface area contributed by atoms with Gasteiger partial charge >= 0.3 is 5.97 Å². The normalized spacial score (nSPS) is 10.9. The number of pyridine rings is 1. The van der Waals surface area contributed by atoms with Crippen LogP contribution in [0.1, 0.15) is 21.5 Å². The molecule has 0 amide bonds. The number of carbonyl (C=O) groups is 1. The maximum atomic E-state index is 11.6. The molecule has 1 N–H and O–H groups in total. The third kappa shape index (κ3) is 5.04. The van der Waals surface area contributed by atoms with Crippen molar-refractivity contribution in [3.8, 4) is 5.75 Å². The largest absolute Gasteiger partial charge is 0.488 e. The summed E-state index contributed by atoms with van der Waals surface area (Å²) >= 11 is 6.05. The second kappa shape index (κ2) is 9.94. The van der Waals surface area contributed by atoms with Crippen LogP contribution >= 0.6 is 11.6 Å². The number of nitrogens with zero attached hydrogens (tertiary/aromatic N) is 2. The standard InChI is InChI=1S/C25H20ClN3O3/c1-31-25(30)18-8-6-17(7-9-18)16-32-24-5-3-2-4-19(24)15-28-29-22-12-13-27-23-14-20(26)10-11-21(22)23/h2-15H,16H2,1H3,(H,27,29). The predicted molar refractivity (Wildman–Crippen MR) is 127 cm³/mol. The Hall–Kier alpha value is -3.90. The number of rotatable bonds is 7. The summed E-state index contributed by atoms with van der Waals surface area (Å²) in [4.78, 5) is 15.9. The number of aromatic nitrogens is 1. The molecule has 6 nitrogen and oxygen atoms in total. The Morgan fingerprint density at radius 1 is 1.09 bits per heavy atom. The van der Waals surface area contributed by atoms with E-state index in [1.807, 2.05) is 60.7 Å². The Bertz CT molecular complexity index is 1270. The Kier molecular flexibility index (Phi) is 6.63. The summed E-state index contributed by atoms with van der Waals surface area (Å²) in [6.07, 6.45) is 3.41. The van der Waals surface area contributed by atoms with Crippen molar-refractivity contribution in [1.29, 1.82) is 0 Å². The lowest BCUT2D eigenvalue weighted by atomic mass is 10.1. The summed E-state index contributed by atoms with van der Waals surface area (Å²) in [5.41, 5.74) is 6.95. The summed E-state index contributed by atoms with van der Waals surface area (Å²) in [7, 11) is 1.36. The van der Waals surface area contributed by atoms with Gasteiger partial charge in [0.2, 0.25) is 0 Å². The van der Waals surface area contributed by atoms with Gasteiger partial charge in [-0.15, -0.1) is 0 Å². The first-order chi connectivity index (χ1) is 15.6. The van der Waals surface area contributed by atoms with E-state index in [9.17, 15) is 4.79 Å². The quantitative estimate of drug-likeness (QED) is 0.224. The highest BCUT2D eigenvalue weighted by Gasteiger charge is 2.06. The molecule has 4 aromatic rings. The minimum absolute atomic E-state index is 0.357. The molecule has 1 heterocycles. The molecule has 0 aliphatic heterocycles. The Labute approximate surface area is 190 Å². The van der Waals surface area contributed by atoms with Gasteiger partial charge in [-0.05, 0) is 54.1 Å². The van der Waals surface area contributed by atoms with Crippen molar-refractivity contribution < 1.29 is 14.3 Å². The fourth-order valence-corrected chi connectivity index (χ4v) is 3.29. The number of anilines is 1. The predicted octanol–water partition coefficient (Wildman–Crippen LogP) is 5.70. The van der Waals surface area contributed by atoms with E-state index < -0.39 is 0 Å². The van der Waals surface area contributed by atoms with Gasteiger partial charge in [0.05, 0.1) is 30.1 Å². The highest BCUT2D eigenvalue weighted by Crippen LogP contribution is 2.24. The van der Waals surface area contributed by atoms with Crippen molar-refractivity contribution in [3.05, 3.63) is 101 Å². The van der Waals surface area contributed by atoms with Crippen molar-refractivity contribution in [2.24, 2.45) is 5.10 Å². The molecule has 1 aromatic heterocycles. The van der Waals surface area contributed by atoms with Crippen molar-refractivity contribution >= 4 is 40.4 Å². The van der Waals surface area contributed by atoms with Crippen LogP contribution in [-0.2, 0) is 11.3 Å². The summed E-state index contributed by atoms with van der Waals surface area (Å²) in [5, 5.41) is 5.93. The molecule has 0 bridgehead atoms. The van der Waals surface area contributed by atoms with Gasteiger partial charge < -0.3 is 9.47 Å². The average Bonchev–Trinajstić information content (AvgIpc) is 2.83. The van der Waals surface area contributed by atoms with E-state index in [1.54, 1.807) is 24.5 Å². The van der Waals surface area contributed by atoms with Crippen LogP contribution in [0.5, 0.6) is 5.75 Å². The molecule has 0 unspecified atom stereocenters. The number of esters is 1. The zero-order valence-electron chi connectivity index (χ0n) is 17.3. The topological polar surface area (TPSA) is 72.8 Å². The first-order valence-corrected chi connectivity index (χ1v) is 10.2. The molecule has 0 aliphatic carbocycles. The number of halogens is 1. The van der Waals surface area contributed by atoms with Crippen LogP contribution in [0.4, 0.5) is 5.69 Å². The number of hydrogen-bond acceptors (Lipinski definition) is 6. The lowest BCUT2D eigenvalue weighted by molar-refractivity contribution is 0.0600. The number of fused-ring (bicyclic) bond motifs is 1.